The third kappa shape index (κ3) is 2.81. The summed E-state index contributed by atoms with van der Waals surface area (Å²) in [6.45, 7) is 6.85. The summed E-state index contributed by atoms with van der Waals surface area (Å²) in [5, 5.41) is 0. The van der Waals surface area contributed by atoms with Gasteiger partial charge in [-0.3, -0.25) is 4.79 Å². The molecule has 0 bridgehead atoms. The molecule has 0 unspecified atom stereocenters. The van der Waals surface area contributed by atoms with Gasteiger partial charge in [0.05, 0.1) is 22.9 Å². The number of carbonyl (C=O) groups is 1. The van der Waals surface area contributed by atoms with E-state index in [9.17, 15) is 9.18 Å². The zero-order valence-corrected chi connectivity index (χ0v) is 14.9. The Labute approximate surface area is 151 Å². The summed E-state index contributed by atoms with van der Waals surface area (Å²) in [7, 11) is 0. The van der Waals surface area contributed by atoms with Crippen molar-refractivity contribution in [3.63, 3.8) is 0 Å². The maximum absolute atomic E-state index is 14.3. The summed E-state index contributed by atoms with van der Waals surface area (Å²) >= 11 is 0. The number of benzene rings is 2. The highest BCUT2D eigenvalue weighted by molar-refractivity contribution is 5.97. The van der Waals surface area contributed by atoms with Crippen molar-refractivity contribution in [3.05, 3.63) is 59.2 Å². The Morgan fingerprint density at radius 2 is 1.92 bits per heavy atom. The monoisotopic (exact) mass is 352 g/mol. The largest absolute Gasteiger partial charge is 0.368 e. The highest BCUT2D eigenvalue weighted by Gasteiger charge is 2.25. The van der Waals surface area contributed by atoms with Gasteiger partial charge in [0.25, 0.3) is 5.91 Å². The SMILES string of the molecule is Cc1cccc(N2CCN(C(=O)c3cc4nc[nH]c4cc3F)CC2)c1C. The number of imidazole rings is 1. The summed E-state index contributed by atoms with van der Waals surface area (Å²) in [4.78, 5) is 23.8. The molecule has 0 aliphatic carbocycles. The molecule has 1 fully saturated rings. The van der Waals surface area contributed by atoms with Crippen LogP contribution in [0, 0.1) is 19.7 Å². The van der Waals surface area contributed by atoms with E-state index in [2.05, 4.69) is 46.9 Å². The molecule has 1 aromatic heterocycles. The van der Waals surface area contributed by atoms with Crippen molar-refractivity contribution in [2.45, 2.75) is 13.8 Å². The Morgan fingerprint density at radius 1 is 1.15 bits per heavy atom. The van der Waals surface area contributed by atoms with Crippen LogP contribution in [0.5, 0.6) is 0 Å². The van der Waals surface area contributed by atoms with Crippen LogP contribution >= 0.6 is 0 Å². The summed E-state index contributed by atoms with van der Waals surface area (Å²) in [6, 6.07) is 9.14. The van der Waals surface area contributed by atoms with E-state index in [-0.39, 0.29) is 11.5 Å². The van der Waals surface area contributed by atoms with Gasteiger partial charge in [0.1, 0.15) is 5.82 Å². The van der Waals surface area contributed by atoms with E-state index in [1.165, 1.54) is 35.3 Å². The van der Waals surface area contributed by atoms with Crippen LogP contribution in [0.25, 0.3) is 11.0 Å². The molecule has 1 aliphatic rings. The van der Waals surface area contributed by atoms with Gasteiger partial charge in [-0.1, -0.05) is 12.1 Å². The number of aromatic amines is 1. The third-order valence-electron chi connectivity index (χ3n) is 5.22. The van der Waals surface area contributed by atoms with E-state index in [0.29, 0.717) is 24.1 Å². The number of carbonyl (C=O) groups excluding carboxylic acids is 1. The smallest absolute Gasteiger partial charge is 0.257 e. The maximum atomic E-state index is 14.3. The molecule has 0 atom stereocenters. The number of aromatic nitrogens is 2. The molecule has 6 heteroatoms. The van der Waals surface area contributed by atoms with Crippen molar-refractivity contribution >= 4 is 22.6 Å². The molecule has 1 N–H and O–H groups in total. The Balaban J connectivity index is 1.51. The Hall–Kier alpha value is -2.89. The average Bonchev–Trinajstić information content (AvgIpc) is 3.10. The number of hydrogen-bond acceptors (Lipinski definition) is 3. The van der Waals surface area contributed by atoms with Crippen molar-refractivity contribution < 1.29 is 9.18 Å². The molecule has 3 aromatic rings. The highest BCUT2D eigenvalue weighted by atomic mass is 19.1. The van der Waals surface area contributed by atoms with Gasteiger partial charge in [-0.25, -0.2) is 9.37 Å². The van der Waals surface area contributed by atoms with Crippen LogP contribution in [0.3, 0.4) is 0 Å². The Kier molecular flexibility index (Phi) is 4.11. The van der Waals surface area contributed by atoms with E-state index < -0.39 is 5.82 Å². The van der Waals surface area contributed by atoms with Crippen molar-refractivity contribution in [1.82, 2.24) is 14.9 Å². The lowest BCUT2D eigenvalue weighted by atomic mass is 10.1. The molecule has 0 radical (unpaired) electrons. The molecule has 5 nitrogen and oxygen atoms in total. The van der Waals surface area contributed by atoms with Crippen LogP contribution in [-0.4, -0.2) is 47.0 Å². The first kappa shape index (κ1) is 16.6. The number of piperazine rings is 1. The molecule has 134 valence electrons. The Morgan fingerprint density at radius 3 is 2.69 bits per heavy atom. The van der Waals surface area contributed by atoms with E-state index in [1.54, 1.807) is 4.90 Å². The minimum Gasteiger partial charge on any atom is -0.368 e. The van der Waals surface area contributed by atoms with Crippen molar-refractivity contribution in [2.24, 2.45) is 0 Å². The molecule has 26 heavy (non-hydrogen) atoms. The molecule has 2 heterocycles. The standard InChI is InChI=1S/C20H21FN4O/c1-13-4-3-5-19(14(13)2)24-6-8-25(9-7-24)20(26)15-10-17-18(11-16(15)21)23-12-22-17/h3-5,10-12H,6-9H2,1-2H3,(H,22,23). The maximum Gasteiger partial charge on any atom is 0.257 e. The minimum absolute atomic E-state index is 0.0878. The van der Waals surface area contributed by atoms with Gasteiger partial charge in [-0.15, -0.1) is 0 Å². The molecule has 0 saturated carbocycles. The first-order valence-corrected chi connectivity index (χ1v) is 8.77. The van der Waals surface area contributed by atoms with Gasteiger partial charge >= 0.3 is 0 Å². The number of H-pyrrole nitrogens is 1. The van der Waals surface area contributed by atoms with Gasteiger partial charge in [0.15, 0.2) is 0 Å². The van der Waals surface area contributed by atoms with Crippen molar-refractivity contribution in [1.29, 1.82) is 0 Å². The number of fused-ring (bicyclic) bond motifs is 1. The number of hydrogen-bond donors (Lipinski definition) is 1. The topological polar surface area (TPSA) is 52.2 Å². The third-order valence-corrected chi connectivity index (χ3v) is 5.22. The average molecular weight is 352 g/mol. The second-order valence-electron chi connectivity index (χ2n) is 6.75. The lowest BCUT2D eigenvalue weighted by Crippen LogP contribution is -2.49. The van der Waals surface area contributed by atoms with E-state index in [4.69, 9.17) is 0 Å². The first-order valence-electron chi connectivity index (χ1n) is 8.77. The number of rotatable bonds is 2. The Bertz CT molecular complexity index is 973. The van der Waals surface area contributed by atoms with Crippen molar-refractivity contribution in [3.8, 4) is 0 Å². The fraction of sp³-hybridized carbons (Fsp3) is 0.300. The van der Waals surface area contributed by atoms with Gasteiger partial charge in [-0.2, -0.15) is 0 Å². The fourth-order valence-electron chi connectivity index (χ4n) is 3.52. The number of anilines is 1. The normalized spacial score (nSPS) is 14.9. The number of nitrogens with one attached hydrogen (secondary N) is 1. The molecule has 1 amide bonds. The summed E-state index contributed by atoms with van der Waals surface area (Å²) in [6.07, 6.45) is 1.50. The number of aryl methyl sites for hydroxylation is 1. The van der Waals surface area contributed by atoms with Gasteiger partial charge < -0.3 is 14.8 Å². The molecule has 4 rings (SSSR count). The van der Waals surface area contributed by atoms with Crippen LogP contribution in [0.15, 0.2) is 36.7 Å². The summed E-state index contributed by atoms with van der Waals surface area (Å²) in [5.41, 5.74) is 5.02. The van der Waals surface area contributed by atoms with Crippen molar-refractivity contribution in [2.75, 3.05) is 31.1 Å². The molecule has 2 aromatic carbocycles. The predicted molar refractivity (Wildman–Crippen MR) is 100 cm³/mol. The zero-order chi connectivity index (χ0) is 18.3. The number of halogens is 1. The molecule has 1 saturated heterocycles. The highest BCUT2D eigenvalue weighted by Crippen LogP contribution is 2.25. The molecule has 0 spiro atoms. The van der Waals surface area contributed by atoms with E-state index in [0.717, 1.165) is 13.1 Å². The molecular weight excluding hydrogens is 331 g/mol. The molecular formula is C20H21FN4O. The fourth-order valence-corrected chi connectivity index (χ4v) is 3.52. The lowest BCUT2D eigenvalue weighted by Gasteiger charge is -2.37. The lowest BCUT2D eigenvalue weighted by molar-refractivity contribution is 0.0742. The first-order chi connectivity index (χ1) is 12.5. The minimum atomic E-state index is -0.510. The van der Waals surface area contributed by atoms with E-state index >= 15 is 0 Å². The van der Waals surface area contributed by atoms with Crippen LogP contribution in [0.1, 0.15) is 21.5 Å². The second-order valence-corrected chi connectivity index (χ2v) is 6.75. The number of amides is 1. The van der Waals surface area contributed by atoms with Crippen LogP contribution < -0.4 is 4.90 Å². The van der Waals surface area contributed by atoms with Gasteiger partial charge in [-0.05, 0) is 37.1 Å². The summed E-state index contributed by atoms with van der Waals surface area (Å²) < 4.78 is 14.3. The summed E-state index contributed by atoms with van der Waals surface area (Å²) in [5.74, 6) is -0.781. The zero-order valence-electron chi connectivity index (χ0n) is 14.9. The predicted octanol–water partition coefficient (Wildman–Crippen LogP) is 3.28. The second kappa shape index (κ2) is 6.44. The van der Waals surface area contributed by atoms with Crippen LogP contribution in [-0.2, 0) is 0 Å². The van der Waals surface area contributed by atoms with Gasteiger partial charge in [0.2, 0.25) is 0 Å². The molecule has 1 aliphatic heterocycles. The quantitative estimate of drug-likeness (QED) is 0.770. The van der Waals surface area contributed by atoms with Gasteiger partial charge in [0, 0.05) is 37.9 Å². The number of nitrogens with zero attached hydrogens (tertiary/aromatic N) is 3. The van der Waals surface area contributed by atoms with Crippen LogP contribution in [0.2, 0.25) is 0 Å². The van der Waals surface area contributed by atoms with Crippen LogP contribution in [0.4, 0.5) is 10.1 Å². The van der Waals surface area contributed by atoms with E-state index in [1.807, 2.05) is 0 Å².